The molecular formula is C17H26BrNO2. The summed E-state index contributed by atoms with van der Waals surface area (Å²) in [5, 5.41) is 0. The van der Waals surface area contributed by atoms with Gasteiger partial charge in [0.15, 0.2) is 0 Å². The normalized spacial score (nSPS) is 34.1. The quantitative estimate of drug-likeness (QED) is 0.719. The Morgan fingerprint density at radius 3 is 2.67 bits per heavy atom. The maximum Gasteiger partial charge on any atom is 0.310 e. The van der Waals surface area contributed by atoms with E-state index in [4.69, 9.17) is 4.74 Å². The summed E-state index contributed by atoms with van der Waals surface area (Å²) in [6.45, 7) is 4.39. The van der Waals surface area contributed by atoms with Crippen LogP contribution >= 0.6 is 15.9 Å². The molecule has 118 valence electrons. The molecule has 1 heterocycles. The van der Waals surface area contributed by atoms with Crippen molar-refractivity contribution in [2.75, 3.05) is 14.2 Å². The predicted molar refractivity (Wildman–Crippen MR) is 89.2 cm³/mol. The van der Waals surface area contributed by atoms with Crippen LogP contribution in [0.1, 0.15) is 39.5 Å². The first-order valence-corrected chi connectivity index (χ1v) is 8.63. The number of likely N-dealkylation sites (tertiary alicyclic amines) is 1. The van der Waals surface area contributed by atoms with Crippen molar-refractivity contribution in [2.24, 2.45) is 11.8 Å². The fourth-order valence-corrected chi connectivity index (χ4v) is 4.13. The van der Waals surface area contributed by atoms with E-state index in [1.807, 2.05) is 0 Å². The van der Waals surface area contributed by atoms with Gasteiger partial charge in [-0.25, -0.2) is 0 Å². The molecule has 4 heteroatoms. The molecule has 0 saturated carbocycles. The zero-order valence-corrected chi connectivity index (χ0v) is 15.0. The lowest BCUT2D eigenvalue weighted by Crippen LogP contribution is -2.54. The lowest BCUT2D eigenvalue weighted by Gasteiger charge is -2.47. The van der Waals surface area contributed by atoms with Crippen molar-refractivity contribution in [2.45, 2.75) is 51.6 Å². The third kappa shape index (κ3) is 3.42. The van der Waals surface area contributed by atoms with Crippen LogP contribution in [0.4, 0.5) is 0 Å². The lowest BCUT2D eigenvalue weighted by atomic mass is 9.71. The Morgan fingerprint density at radius 1 is 1.43 bits per heavy atom. The van der Waals surface area contributed by atoms with Crippen LogP contribution in [-0.4, -0.2) is 37.1 Å². The van der Waals surface area contributed by atoms with Gasteiger partial charge in [0, 0.05) is 12.1 Å². The van der Waals surface area contributed by atoms with Gasteiger partial charge in [0.1, 0.15) is 0 Å². The van der Waals surface area contributed by atoms with E-state index in [1.165, 1.54) is 17.2 Å². The lowest BCUT2D eigenvalue weighted by molar-refractivity contribution is -0.152. The monoisotopic (exact) mass is 355 g/mol. The second-order valence-electron chi connectivity index (χ2n) is 6.21. The number of hydrogen-bond donors (Lipinski definition) is 0. The van der Waals surface area contributed by atoms with Crippen LogP contribution in [-0.2, 0) is 9.53 Å². The highest BCUT2D eigenvalue weighted by Crippen LogP contribution is 2.41. The van der Waals surface area contributed by atoms with Crippen molar-refractivity contribution in [3.63, 3.8) is 0 Å². The number of carbonyl (C=O) groups is 1. The summed E-state index contributed by atoms with van der Waals surface area (Å²) in [6.07, 6.45) is 8.60. The summed E-state index contributed by atoms with van der Waals surface area (Å²) in [4.78, 5) is 14.7. The minimum Gasteiger partial charge on any atom is -0.469 e. The summed E-state index contributed by atoms with van der Waals surface area (Å²) in [6, 6.07) is 0.762. The molecule has 0 bridgehead atoms. The topological polar surface area (TPSA) is 29.5 Å². The van der Waals surface area contributed by atoms with Crippen LogP contribution in [0.15, 0.2) is 22.2 Å². The van der Waals surface area contributed by atoms with E-state index in [2.05, 4.69) is 53.9 Å². The number of nitrogens with zero attached hydrogens (tertiary/aromatic N) is 1. The standard InChI is InChI=1S/C17H26BrNO2/c1-5-14-10-15(12-6-8-13(18)9-7-12)16(17(20)21-4)11(2)19(14)3/h6,8,11,14-16H,5,7,9-10H2,1-4H3/t11?,14?,15?,16-/m1/s1. The highest BCUT2D eigenvalue weighted by Gasteiger charge is 2.44. The van der Waals surface area contributed by atoms with Crippen molar-refractivity contribution >= 4 is 21.9 Å². The molecule has 1 aliphatic carbocycles. The third-order valence-electron chi connectivity index (χ3n) is 5.25. The molecule has 1 aliphatic heterocycles. The molecule has 1 fully saturated rings. The van der Waals surface area contributed by atoms with Gasteiger partial charge in [-0.1, -0.05) is 40.6 Å². The van der Waals surface area contributed by atoms with E-state index in [1.54, 1.807) is 0 Å². The Balaban J connectivity index is 2.31. The van der Waals surface area contributed by atoms with Gasteiger partial charge in [-0.15, -0.1) is 0 Å². The largest absolute Gasteiger partial charge is 0.469 e. The molecule has 2 rings (SSSR count). The van der Waals surface area contributed by atoms with Crippen molar-refractivity contribution in [3.05, 3.63) is 22.2 Å². The highest BCUT2D eigenvalue weighted by molar-refractivity contribution is 9.11. The molecule has 4 atom stereocenters. The molecule has 0 aromatic carbocycles. The Bertz CT molecular complexity index is 458. The number of rotatable bonds is 3. The predicted octanol–water partition coefficient (Wildman–Crippen LogP) is 3.89. The van der Waals surface area contributed by atoms with Crippen molar-refractivity contribution in [3.8, 4) is 0 Å². The van der Waals surface area contributed by atoms with E-state index < -0.39 is 0 Å². The summed E-state index contributed by atoms with van der Waals surface area (Å²) in [7, 11) is 3.64. The number of piperidine rings is 1. The van der Waals surface area contributed by atoms with Crippen LogP contribution in [0.5, 0.6) is 0 Å². The fourth-order valence-electron chi connectivity index (χ4n) is 3.80. The van der Waals surface area contributed by atoms with Crippen LogP contribution in [0.25, 0.3) is 0 Å². The van der Waals surface area contributed by atoms with Crippen molar-refractivity contribution in [1.82, 2.24) is 4.90 Å². The minimum atomic E-state index is -0.0663. The SMILES string of the molecule is CCC1CC(C2=CC=C(Br)CC2)[C@H](C(=O)OC)C(C)N1C. The molecule has 3 nitrogen and oxygen atoms in total. The molecular weight excluding hydrogens is 330 g/mol. The number of esters is 1. The van der Waals surface area contributed by atoms with E-state index in [-0.39, 0.29) is 17.9 Å². The molecule has 21 heavy (non-hydrogen) atoms. The minimum absolute atomic E-state index is 0.0562. The molecule has 2 aliphatic rings. The van der Waals surface area contributed by atoms with E-state index in [9.17, 15) is 4.79 Å². The zero-order chi connectivity index (χ0) is 15.6. The van der Waals surface area contributed by atoms with Crippen molar-refractivity contribution in [1.29, 1.82) is 0 Å². The number of allylic oxidation sites excluding steroid dienone is 4. The highest BCUT2D eigenvalue weighted by atomic mass is 79.9. The summed E-state index contributed by atoms with van der Waals surface area (Å²) < 4.78 is 6.35. The second kappa shape index (κ2) is 7.10. The van der Waals surface area contributed by atoms with Gasteiger partial charge < -0.3 is 4.74 Å². The molecule has 0 radical (unpaired) electrons. The number of halogens is 1. The Hall–Kier alpha value is -0.610. The van der Waals surface area contributed by atoms with Crippen LogP contribution < -0.4 is 0 Å². The van der Waals surface area contributed by atoms with Crippen LogP contribution in [0.3, 0.4) is 0 Å². The summed E-state index contributed by atoms with van der Waals surface area (Å²) in [5.41, 5.74) is 1.41. The smallest absolute Gasteiger partial charge is 0.310 e. The van der Waals surface area contributed by atoms with Gasteiger partial charge >= 0.3 is 5.97 Å². The molecule has 0 N–H and O–H groups in total. The van der Waals surface area contributed by atoms with E-state index in [0.717, 1.165) is 25.7 Å². The number of methoxy groups -OCH3 is 1. The molecule has 1 saturated heterocycles. The molecule has 0 aromatic rings. The first kappa shape index (κ1) is 16.8. The number of carbonyl (C=O) groups excluding carboxylic acids is 1. The van der Waals surface area contributed by atoms with Crippen LogP contribution in [0.2, 0.25) is 0 Å². The Labute approximate surface area is 136 Å². The Kier molecular flexibility index (Phi) is 5.67. The second-order valence-corrected chi connectivity index (χ2v) is 7.23. The van der Waals surface area contributed by atoms with Crippen molar-refractivity contribution < 1.29 is 9.53 Å². The van der Waals surface area contributed by atoms with Gasteiger partial charge in [-0.3, -0.25) is 9.69 Å². The van der Waals surface area contributed by atoms with Gasteiger partial charge in [0.05, 0.1) is 13.0 Å². The zero-order valence-electron chi connectivity index (χ0n) is 13.4. The molecule has 0 amide bonds. The summed E-state index contributed by atoms with van der Waals surface area (Å²) in [5.74, 6) is 0.188. The first-order valence-electron chi connectivity index (χ1n) is 7.84. The van der Waals surface area contributed by atoms with E-state index >= 15 is 0 Å². The third-order valence-corrected chi connectivity index (χ3v) is 5.91. The number of hydrogen-bond acceptors (Lipinski definition) is 3. The average Bonchev–Trinajstić information content (AvgIpc) is 2.50. The molecule has 3 unspecified atom stereocenters. The van der Waals surface area contributed by atoms with E-state index in [0.29, 0.717) is 12.0 Å². The average molecular weight is 356 g/mol. The van der Waals surface area contributed by atoms with Gasteiger partial charge in [-0.05, 0) is 50.1 Å². The Morgan fingerprint density at radius 2 is 2.14 bits per heavy atom. The van der Waals surface area contributed by atoms with Crippen LogP contribution in [0, 0.1) is 11.8 Å². The van der Waals surface area contributed by atoms with Gasteiger partial charge in [0.25, 0.3) is 0 Å². The maximum absolute atomic E-state index is 12.3. The molecule has 0 aromatic heterocycles. The fraction of sp³-hybridized carbons (Fsp3) is 0.706. The van der Waals surface area contributed by atoms with Gasteiger partial charge in [0.2, 0.25) is 0 Å². The summed E-state index contributed by atoms with van der Waals surface area (Å²) >= 11 is 3.56. The maximum atomic E-state index is 12.3. The molecule has 0 spiro atoms. The van der Waals surface area contributed by atoms with Gasteiger partial charge in [-0.2, -0.15) is 0 Å². The first-order chi connectivity index (χ1) is 9.99. The number of ether oxygens (including phenoxy) is 1.